The number of anilines is 1. The Bertz CT molecular complexity index is 991. The maximum Gasteiger partial charge on any atom is 0.416 e. The topological polar surface area (TPSA) is 78.0 Å². The molecule has 25 heavy (non-hydrogen) atoms. The molecule has 0 radical (unpaired) electrons. The molecule has 2 aromatic carbocycles. The summed E-state index contributed by atoms with van der Waals surface area (Å²) in [4.78, 5) is 6.92. The number of benzene rings is 2. The molecular formula is C14H8Cl2F3N3O2S. The molecule has 1 atom stereocenters. The van der Waals surface area contributed by atoms with Crippen molar-refractivity contribution in [3.05, 3.63) is 45.9 Å². The second kappa shape index (κ2) is 6.49. The van der Waals surface area contributed by atoms with Crippen LogP contribution in [0.25, 0.3) is 22.4 Å². The van der Waals surface area contributed by atoms with Crippen LogP contribution in [0.4, 0.5) is 18.9 Å². The summed E-state index contributed by atoms with van der Waals surface area (Å²) < 4.78 is 61.0. The molecule has 1 heterocycles. The van der Waals surface area contributed by atoms with Crippen molar-refractivity contribution in [2.45, 2.75) is 6.18 Å². The lowest BCUT2D eigenvalue weighted by atomic mass is 10.2. The average molecular weight is 410 g/mol. The van der Waals surface area contributed by atoms with Crippen LogP contribution < -0.4 is 4.72 Å². The van der Waals surface area contributed by atoms with Crippen LogP contribution in [0, 0.1) is 0 Å². The third kappa shape index (κ3) is 3.74. The molecule has 3 aromatic rings. The van der Waals surface area contributed by atoms with Crippen molar-refractivity contribution in [1.82, 2.24) is 9.97 Å². The maximum absolute atomic E-state index is 12.9. The molecule has 5 nitrogen and oxygen atoms in total. The Morgan fingerprint density at radius 1 is 1.20 bits per heavy atom. The van der Waals surface area contributed by atoms with E-state index < -0.39 is 23.0 Å². The van der Waals surface area contributed by atoms with Gasteiger partial charge in [0.25, 0.3) is 11.3 Å². The van der Waals surface area contributed by atoms with Crippen LogP contribution >= 0.6 is 23.2 Å². The van der Waals surface area contributed by atoms with Gasteiger partial charge in [0.1, 0.15) is 5.82 Å². The van der Waals surface area contributed by atoms with Crippen molar-refractivity contribution in [2.24, 2.45) is 0 Å². The molecule has 0 spiro atoms. The molecule has 0 aliphatic carbocycles. The number of rotatable bonds is 3. The molecule has 0 amide bonds. The van der Waals surface area contributed by atoms with Crippen LogP contribution in [-0.4, -0.2) is 18.7 Å². The van der Waals surface area contributed by atoms with E-state index in [-0.39, 0.29) is 27.6 Å². The van der Waals surface area contributed by atoms with Gasteiger partial charge in [-0.1, -0.05) is 23.2 Å². The average Bonchev–Trinajstić information content (AvgIpc) is 2.92. The monoisotopic (exact) mass is 409 g/mol. The number of H-pyrrole nitrogens is 1. The second-order valence-corrected chi connectivity index (χ2v) is 6.52. The molecule has 132 valence electrons. The van der Waals surface area contributed by atoms with Crippen molar-refractivity contribution in [2.75, 3.05) is 4.72 Å². The maximum atomic E-state index is 12.9. The molecule has 0 aliphatic heterocycles. The number of nitrogens with zero attached hydrogens (tertiary/aromatic N) is 1. The van der Waals surface area contributed by atoms with Gasteiger partial charge in [0.2, 0.25) is 0 Å². The van der Waals surface area contributed by atoms with Crippen LogP contribution in [0.3, 0.4) is 0 Å². The Hall–Kier alpha value is -1.81. The number of aromatic amines is 1. The van der Waals surface area contributed by atoms with Gasteiger partial charge in [-0.05, 0) is 30.3 Å². The first kappa shape index (κ1) is 18.0. The lowest BCUT2D eigenvalue weighted by Gasteiger charge is -2.07. The van der Waals surface area contributed by atoms with Gasteiger partial charge < -0.3 is 4.98 Å². The number of fused-ring (bicyclic) bond motifs is 1. The van der Waals surface area contributed by atoms with Gasteiger partial charge >= 0.3 is 6.18 Å². The van der Waals surface area contributed by atoms with Gasteiger partial charge in [-0.3, -0.25) is 9.27 Å². The van der Waals surface area contributed by atoms with E-state index in [2.05, 4.69) is 14.7 Å². The van der Waals surface area contributed by atoms with Crippen LogP contribution in [0.2, 0.25) is 10.0 Å². The number of nitrogens with one attached hydrogen (secondary N) is 2. The zero-order chi connectivity index (χ0) is 18.4. The predicted molar refractivity (Wildman–Crippen MR) is 90.9 cm³/mol. The molecule has 0 saturated heterocycles. The number of halogens is 5. The van der Waals surface area contributed by atoms with Gasteiger partial charge in [-0.2, -0.15) is 13.2 Å². The Kier molecular flexibility index (Phi) is 4.67. The summed E-state index contributed by atoms with van der Waals surface area (Å²) in [5, 5.41) is 0.164. The highest BCUT2D eigenvalue weighted by atomic mass is 35.5. The molecule has 0 aliphatic rings. The van der Waals surface area contributed by atoms with E-state index in [9.17, 15) is 17.4 Å². The Morgan fingerprint density at radius 3 is 2.56 bits per heavy atom. The fraction of sp³-hybridized carbons (Fsp3) is 0.0714. The van der Waals surface area contributed by atoms with Gasteiger partial charge in [0.15, 0.2) is 0 Å². The highest BCUT2D eigenvalue weighted by molar-refractivity contribution is 7.80. The Labute approximate surface area is 151 Å². The third-order valence-corrected chi connectivity index (χ3v) is 4.23. The molecule has 3 rings (SSSR count). The van der Waals surface area contributed by atoms with E-state index in [0.29, 0.717) is 10.6 Å². The molecule has 3 N–H and O–H groups in total. The summed E-state index contributed by atoms with van der Waals surface area (Å²) in [6.07, 6.45) is -4.56. The number of imidazole rings is 1. The van der Waals surface area contributed by atoms with Crippen molar-refractivity contribution in [3.63, 3.8) is 0 Å². The zero-order valence-electron chi connectivity index (χ0n) is 12.0. The number of hydrogen-bond acceptors (Lipinski definition) is 2. The van der Waals surface area contributed by atoms with Crippen LogP contribution in [0.1, 0.15) is 5.56 Å². The summed E-state index contributed by atoms with van der Waals surface area (Å²) in [5.41, 5.74) is -0.192. The summed E-state index contributed by atoms with van der Waals surface area (Å²) >= 11 is 9.50. The van der Waals surface area contributed by atoms with Gasteiger partial charge in [-0.25, -0.2) is 9.19 Å². The van der Waals surface area contributed by atoms with E-state index in [1.54, 1.807) is 0 Å². The fourth-order valence-electron chi connectivity index (χ4n) is 2.26. The normalized spacial score (nSPS) is 13.2. The molecule has 0 saturated carbocycles. The summed E-state index contributed by atoms with van der Waals surface area (Å²) in [7, 11) is 0. The van der Waals surface area contributed by atoms with E-state index in [1.165, 1.54) is 18.2 Å². The van der Waals surface area contributed by atoms with Crippen molar-refractivity contribution in [3.8, 4) is 11.4 Å². The summed E-state index contributed by atoms with van der Waals surface area (Å²) in [6.45, 7) is 0. The molecule has 1 aromatic heterocycles. The fourth-order valence-corrected chi connectivity index (χ4v) is 3.06. The quantitative estimate of drug-likeness (QED) is 0.526. The van der Waals surface area contributed by atoms with E-state index >= 15 is 0 Å². The standard InChI is InChI=1S/C14H8Cl2F3N3O2S/c15-7-1-2-10(22-25(23)24)8(5-7)13-20-11-4-6(14(17,18)19)3-9(16)12(11)21-13/h1-5,22H,(H,20,21)(H,23,24). The zero-order valence-corrected chi connectivity index (χ0v) is 14.3. The van der Waals surface area contributed by atoms with Crippen molar-refractivity contribution < 1.29 is 21.9 Å². The smallest absolute Gasteiger partial charge is 0.337 e. The lowest BCUT2D eigenvalue weighted by molar-refractivity contribution is -0.137. The SMILES string of the molecule is O=S(O)Nc1ccc(Cl)cc1-c1nc2cc(C(F)(F)F)cc(Cl)c2[nH]1. The van der Waals surface area contributed by atoms with Crippen molar-refractivity contribution in [1.29, 1.82) is 0 Å². The van der Waals surface area contributed by atoms with Crippen molar-refractivity contribution >= 4 is 51.2 Å². The minimum atomic E-state index is -4.56. The van der Waals surface area contributed by atoms with E-state index in [0.717, 1.165) is 12.1 Å². The summed E-state index contributed by atoms with van der Waals surface area (Å²) in [6, 6.07) is 6.04. The van der Waals surface area contributed by atoms with E-state index in [4.69, 9.17) is 27.8 Å². The van der Waals surface area contributed by atoms with Gasteiger partial charge in [0.05, 0.1) is 27.3 Å². The number of alkyl halides is 3. The first-order valence-electron chi connectivity index (χ1n) is 6.59. The molecule has 11 heteroatoms. The molecule has 0 bridgehead atoms. The lowest BCUT2D eigenvalue weighted by Crippen LogP contribution is -2.04. The van der Waals surface area contributed by atoms with Gasteiger partial charge in [-0.15, -0.1) is 0 Å². The van der Waals surface area contributed by atoms with E-state index in [1.807, 2.05) is 0 Å². The minimum Gasteiger partial charge on any atom is -0.337 e. The number of hydrogen-bond donors (Lipinski definition) is 3. The highest BCUT2D eigenvalue weighted by Gasteiger charge is 2.32. The minimum absolute atomic E-state index is 0.00544. The van der Waals surface area contributed by atoms with Crippen LogP contribution in [0.15, 0.2) is 30.3 Å². The second-order valence-electron chi connectivity index (χ2n) is 4.98. The third-order valence-electron chi connectivity index (χ3n) is 3.31. The Morgan fingerprint density at radius 2 is 1.92 bits per heavy atom. The van der Waals surface area contributed by atoms with Gasteiger partial charge in [0, 0.05) is 10.6 Å². The highest BCUT2D eigenvalue weighted by Crippen LogP contribution is 2.36. The molecule has 0 fully saturated rings. The molecule has 1 unspecified atom stereocenters. The first-order valence-corrected chi connectivity index (χ1v) is 8.45. The summed E-state index contributed by atoms with van der Waals surface area (Å²) in [5.74, 6) is 0.145. The van der Waals surface area contributed by atoms with Crippen LogP contribution in [0.5, 0.6) is 0 Å². The van der Waals surface area contributed by atoms with Crippen LogP contribution in [-0.2, 0) is 17.4 Å². The Balaban J connectivity index is 2.19. The molecular weight excluding hydrogens is 402 g/mol. The predicted octanol–water partition coefficient (Wildman–Crippen LogP) is 5.10. The number of aromatic nitrogens is 2. The largest absolute Gasteiger partial charge is 0.416 e. The first-order chi connectivity index (χ1) is 11.6.